The van der Waals surface area contributed by atoms with Gasteiger partial charge in [0.25, 0.3) is 11.8 Å². The van der Waals surface area contributed by atoms with Crippen LogP contribution in [0.15, 0.2) is 71.6 Å². The van der Waals surface area contributed by atoms with Crippen LogP contribution >= 0.6 is 0 Å². The highest BCUT2D eigenvalue weighted by atomic mass is 19.4. The Hall–Kier alpha value is -5.72. The smallest absolute Gasteiger partial charge is 0.388 e. The first-order chi connectivity index (χ1) is 29.6. The molecule has 3 fully saturated rings. The predicted molar refractivity (Wildman–Crippen MR) is 230 cm³/mol. The lowest BCUT2D eigenvalue weighted by Crippen LogP contribution is -2.55. The normalized spacial score (nSPS) is 20.5. The van der Waals surface area contributed by atoms with Crippen LogP contribution in [0.2, 0.25) is 0 Å². The number of nitrogens with one attached hydrogen (secondary N) is 4. The molecular formula is C45H56F3N9O6. The van der Waals surface area contributed by atoms with Gasteiger partial charge in [0, 0.05) is 98.6 Å². The van der Waals surface area contributed by atoms with Gasteiger partial charge in [-0.1, -0.05) is 6.07 Å². The van der Waals surface area contributed by atoms with Gasteiger partial charge in [-0.2, -0.15) is 13.2 Å². The zero-order chi connectivity index (χ0) is 45.9. The summed E-state index contributed by atoms with van der Waals surface area (Å²) >= 11 is 0. The maximum atomic E-state index is 13.3. The van der Waals surface area contributed by atoms with Crippen LogP contribution in [0.4, 0.5) is 18.9 Å². The van der Waals surface area contributed by atoms with Crippen LogP contribution in [0.25, 0.3) is 0 Å². The van der Waals surface area contributed by atoms with Gasteiger partial charge in [-0.25, -0.2) is 4.98 Å². The van der Waals surface area contributed by atoms with Crippen molar-refractivity contribution >= 4 is 41.3 Å². The van der Waals surface area contributed by atoms with Gasteiger partial charge in [0.15, 0.2) is 6.29 Å². The van der Waals surface area contributed by atoms with E-state index >= 15 is 0 Å². The molecule has 0 saturated carbocycles. The molecule has 338 valence electrons. The molecule has 4 amide bonds. The Bertz CT molecular complexity index is 2210. The van der Waals surface area contributed by atoms with Gasteiger partial charge in [-0.05, 0) is 102 Å². The fraction of sp³-hybridized carbons (Fsp3) is 0.489. The molecule has 0 bridgehead atoms. The minimum atomic E-state index is -4.73. The number of hydrogen-bond donors (Lipinski definition) is 5. The molecule has 4 aliphatic rings. The number of benzene rings is 1. The number of carbonyl (C=O) groups is 5. The number of hydrogen-bond acceptors (Lipinski definition) is 12. The summed E-state index contributed by atoms with van der Waals surface area (Å²) in [4.78, 5) is 74.4. The van der Waals surface area contributed by atoms with Crippen molar-refractivity contribution in [3.8, 4) is 0 Å². The number of anilines is 1. The molecule has 2 aromatic rings. The summed E-state index contributed by atoms with van der Waals surface area (Å²) in [5, 5.41) is 27.7. The molecule has 0 spiro atoms. The average Bonchev–Trinajstić information content (AvgIpc) is 3.24. The molecule has 18 heteroatoms. The molecule has 3 aliphatic heterocycles. The zero-order valence-electron chi connectivity index (χ0n) is 36.3. The minimum absolute atomic E-state index is 0.0794. The number of carbonyl (C=O) groups excluding carboxylic acids is 5. The number of pyridine rings is 1. The van der Waals surface area contributed by atoms with Crippen molar-refractivity contribution in [2.45, 2.75) is 89.2 Å². The second-order valence-electron chi connectivity index (χ2n) is 17.6. The van der Waals surface area contributed by atoms with E-state index < -0.39 is 46.9 Å². The van der Waals surface area contributed by atoms with E-state index in [4.69, 9.17) is 5.41 Å². The van der Waals surface area contributed by atoms with Gasteiger partial charge >= 0.3 is 6.18 Å². The average molecular weight is 876 g/mol. The topological polar surface area (TPSA) is 191 Å². The van der Waals surface area contributed by atoms with Gasteiger partial charge in [-0.15, -0.1) is 0 Å². The molecular weight excluding hydrogens is 820 g/mol. The van der Waals surface area contributed by atoms with E-state index in [-0.39, 0.29) is 58.4 Å². The third kappa shape index (κ3) is 11.3. The van der Waals surface area contributed by atoms with Crippen LogP contribution in [0, 0.1) is 5.41 Å². The van der Waals surface area contributed by atoms with E-state index in [2.05, 4.69) is 49.5 Å². The maximum Gasteiger partial charge on any atom is 0.433 e. The molecule has 1 atom stereocenters. The fourth-order valence-electron chi connectivity index (χ4n) is 8.36. The SMILES string of the molecule is CN(C(=O)c1ccc(N2CCN(C(C)(C)CCN3CCC(N/C=C4/C=C(NC(=O)c5cccc(C(F)(F)F)n5)C(C(C)(C)O)=CC4=N)CC3)CC2)cc1C=O)C1CCC(=O)NC1=O. The van der Waals surface area contributed by atoms with Crippen LogP contribution in [0.5, 0.6) is 0 Å². The summed E-state index contributed by atoms with van der Waals surface area (Å²) in [7, 11) is 1.50. The van der Waals surface area contributed by atoms with Gasteiger partial charge < -0.3 is 35.8 Å². The quantitative estimate of drug-likeness (QED) is 0.144. The third-order valence-electron chi connectivity index (χ3n) is 12.4. The summed E-state index contributed by atoms with van der Waals surface area (Å²) in [6.45, 7) is 13.2. The summed E-state index contributed by atoms with van der Waals surface area (Å²) in [6, 6.07) is 7.57. The molecule has 1 aromatic heterocycles. The van der Waals surface area contributed by atoms with Crippen LogP contribution in [0.3, 0.4) is 0 Å². The second kappa shape index (κ2) is 18.9. The Balaban J connectivity index is 0.980. The number of aliphatic hydroxyl groups is 1. The molecule has 1 aromatic carbocycles. The van der Waals surface area contributed by atoms with Crippen molar-refractivity contribution in [3.05, 3.63) is 94.1 Å². The van der Waals surface area contributed by atoms with E-state index in [1.807, 2.05) is 6.07 Å². The third-order valence-corrected chi connectivity index (χ3v) is 12.4. The standard InChI is InChI=1S/C45H56F3N9O6/c1-43(2,57-21-19-56(20-22-57)31-9-10-32(29(23-31)27-58)42(62)54(5)37-11-12-39(59)53-41(37)61)15-18-55-16-13-30(14-17-55)50-26-28-24-36(33(25-34(28)49)44(3,4)63)52-40(60)35-7-6-8-38(51-35)45(46,47)48/h6-10,23-27,30,37,49-50,63H,11-22H2,1-5H3,(H,52,60)(H,53,59,61)/b28-26-,49-34?. The lowest BCUT2D eigenvalue weighted by atomic mass is 9.87. The number of aldehydes is 1. The Morgan fingerprint density at radius 2 is 1.70 bits per heavy atom. The molecule has 5 N–H and O–H groups in total. The van der Waals surface area contributed by atoms with Crippen molar-refractivity contribution in [2.75, 3.05) is 57.8 Å². The van der Waals surface area contributed by atoms with Crippen molar-refractivity contribution in [3.63, 3.8) is 0 Å². The lowest BCUT2D eigenvalue weighted by Gasteiger charge is -2.46. The largest absolute Gasteiger partial charge is 0.433 e. The summed E-state index contributed by atoms with van der Waals surface area (Å²) < 4.78 is 39.8. The Kier molecular flexibility index (Phi) is 14.1. The summed E-state index contributed by atoms with van der Waals surface area (Å²) in [6.07, 6.45) is 3.63. The van der Waals surface area contributed by atoms with Gasteiger partial charge in [0.1, 0.15) is 17.4 Å². The van der Waals surface area contributed by atoms with Crippen LogP contribution in [-0.2, 0) is 15.8 Å². The second-order valence-corrected chi connectivity index (χ2v) is 17.6. The minimum Gasteiger partial charge on any atom is -0.388 e. The van der Waals surface area contributed by atoms with Crippen molar-refractivity contribution in [2.24, 2.45) is 0 Å². The number of likely N-dealkylation sites (N-methyl/N-ethyl adjacent to an activating group) is 1. The number of piperazine rings is 1. The molecule has 6 rings (SSSR count). The summed E-state index contributed by atoms with van der Waals surface area (Å²) in [5.41, 5.74) is -0.978. The van der Waals surface area contributed by atoms with Crippen molar-refractivity contribution in [1.29, 1.82) is 5.41 Å². The number of piperidine rings is 2. The molecule has 1 aliphatic carbocycles. The first kappa shape index (κ1) is 46.8. The molecule has 63 heavy (non-hydrogen) atoms. The monoisotopic (exact) mass is 875 g/mol. The first-order valence-corrected chi connectivity index (χ1v) is 21.1. The van der Waals surface area contributed by atoms with E-state index in [9.17, 15) is 42.3 Å². The highest BCUT2D eigenvalue weighted by molar-refractivity contribution is 6.11. The highest BCUT2D eigenvalue weighted by Crippen LogP contribution is 2.31. The van der Waals surface area contributed by atoms with Gasteiger partial charge in [0.2, 0.25) is 11.8 Å². The van der Waals surface area contributed by atoms with E-state index in [0.717, 1.165) is 82.9 Å². The fourth-order valence-corrected chi connectivity index (χ4v) is 8.36. The number of halogens is 3. The number of alkyl halides is 3. The molecule has 4 heterocycles. The number of likely N-dealkylation sites (tertiary alicyclic amines) is 1. The van der Waals surface area contributed by atoms with Gasteiger partial charge in [-0.3, -0.25) is 34.2 Å². The maximum absolute atomic E-state index is 13.3. The van der Waals surface area contributed by atoms with E-state index in [0.29, 0.717) is 11.9 Å². The number of amides is 4. The molecule has 15 nitrogen and oxygen atoms in total. The Morgan fingerprint density at radius 3 is 2.33 bits per heavy atom. The van der Waals surface area contributed by atoms with E-state index in [1.54, 1.807) is 18.3 Å². The van der Waals surface area contributed by atoms with Crippen LogP contribution < -0.4 is 20.9 Å². The molecule has 3 saturated heterocycles. The molecule has 0 radical (unpaired) electrons. The predicted octanol–water partition coefficient (Wildman–Crippen LogP) is 4.06. The van der Waals surface area contributed by atoms with Gasteiger partial charge in [0.05, 0.1) is 16.9 Å². The van der Waals surface area contributed by atoms with Crippen LogP contribution in [-0.4, -0.2) is 137 Å². The molecule has 1 unspecified atom stereocenters. The number of allylic oxidation sites excluding steroid dienone is 3. The number of aromatic nitrogens is 1. The number of rotatable bonds is 13. The van der Waals surface area contributed by atoms with Crippen molar-refractivity contribution in [1.82, 2.24) is 35.6 Å². The van der Waals surface area contributed by atoms with Crippen LogP contribution in [0.1, 0.15) is 96.7 Å². The zero-order valence-corrected chi connectivity index (χ0v) is 36.3. The number of imide groups is 1. The first-order valence-electron chi connectivity index (χ1n) is 21.1. The summed E-state index contributed by atoms with van der Waals surface area (Å²) in [5.74, 6) is -2.23. The lowest BCUT2D eigenvalue weighted by molar-refractivity contribution is -0.141. The Morgan fingerprint density at radius 1 is 1.00 bits per heavy atom. The van der Waals surface area contributed by atoms with E-state index in [1.165, 1.54) is 44.0 Å². The van der Waals surface area contributed by atoms with Crippen molar-refractivity contribution < 1.29 is 42.3 Å². The highest BCUT2D eigenvalue weighted by Gasteiger charge is 2.36. The Labute approximate surface area is 364 Å². The number of nitrogens with zero attached hydrogens (tertiary/aromatic N) is 5.